The van der Waals surface area contributed by atoms with E-state index in [9.17, 15) is 5.11 Å². The maximum Gasteiger partial charge on any atom is 0.250 e. The van der Waals surface area contributed by atoms with Crippen molar-refractivity contribution in [3.63, 3.8) is 0 Å². The summed E-state index contributed by atoms with van der Waals surface area (Å²) in [4.78, 5) is 6.54. The lowest BCUT2D eigenvalue weighted by Gasteiger charge is -2.36. The first kappa shape index (κ1) is 16.0. The predicted octanol–water partition coefficient (Wildman–Crippen LogP) is 3.65. The van der Waals surface area contributed by atoms with E-state index in [-0.39, 0.29) is 11.6 Å². The maximum atomic E-state index is 9.18. The van der Waals surface area contributed by atoms with E-state index >= 15 is 0 Å². The Hall–Kier alpha value is -1.33. The minimum absolute atomic E-state index is 0.0290. The highest BCUT2D eigenvalue weighted by molar-refractivity contribution is 6.74. The standard InChI is InChI=1S/C16H26N2O2Si/c1-16(2,3)21(4,5)20-14-9-10-18(11-14)15-8-6-7-13(12-19)17-15/h6-8,11,19H,9-10,12H2,1-5H3. The number of rotatable bonds is 4. The lowest BCUT2D eigenvalue weighted by molar-refractivity contribution is 0.277. The maximum absolute atomic E-state index is 9.18. The van der Waals surface area contributed by atoms with E-state index in [1.807, 2.05) is 18.2 Å². The monoisotopic (exact) mass is 306 g/mol. The summed E-state index contributed by atoms with van der Waals surface area (Å²) in [6, 6.07) is 5.72. The molecule has 0 unspecified atom stereocenters. The molecule has 0 amide bonds. The fourth-order valence-corrected chi connectivity index (χ4v) is 3.10. The van der Waals surface area contributed by atoms with Crippen molar-refractivity contribution in [3.8, 4) is 0 Å². The molecule has 116 valence electrons. The van der Waals surface area contributed by atoms with Crippen molar-refractivity contribution in [2.24, 2.45) is 0 Å². The van der Waals surface area contributed by atoms with Gasteiger partial charge in [-0.1, -0.05) is 26.8 Å². The molecule has 0 saturated carbocycles. The Morgan fingerprint density at radius 1 is 1.33 bits per heavy atom. The molecule has 2 heterocycles. The van der Waals surface area contributed by atoms with Gasteiger partial charge in [0, 0.05) is 19.2 Å². The van der Waals surface area contributed by atoms with Crippen molar-refractivity contribution < 1.29 is 9.53 Å². The number of aliphatic hydroxyl groups is 1. The second kappa shape index (κ2) is 5.81. The zero-order valence-electron chi connectivity index (χ0n) is 13.7. The molecular weight excluding hydrogens is 280 g/mol. The summed E-state index contributed by atoms with van der Waals surface area (Å²) in [5.74, 6) is 1.92. The molecule has 0 fully saturated rings. The van der Waals surface area contributed by atoms with E-state index < -0.39 is 8.32 Å². The average molecular weight is 306 g/mol. The van der Waals surface area contributed by atoms with Crippen LogP contribution < -0.4 is 4.90 Å². The Kier molecular flexibility index (Phi) is 4.44. The predicted molar refractivity (Wildman–Crippen MR) is 88.5 cm³/mol. The van der Waals surface area contributed by atoms with Crippen LogP contribution in [0.25, 0.3) is 0 Å². The van der Waals surface area contributed by atoms with E-state index in [1.165, 1.54) is 0 Å². The molecule has 5 heteroatoms. The van der Waals surface area contributed by atoms with Crippen molar-refractivity contribution in [1.29, 1.82) is 0 Å². The van der Waals surface area contributed by atoms with Gasteiger partial charge in [0.25, 0.3) is 0 Å². The molecule has 1 aromatic heterocycles. The number of hydrogen-bond donors (Lipinski definition) is 1. The van der Waals surface area contributed by atoms with Crippen molar-refractivity contribution in [1.82, 2.24) is 4.98 Å². The van der Waals surface area contributed by atoms with Gasteiger partial charge in [0.2, 0.25) is 8.32 Å². The van der Waals surface area contributed by atoms with Gasteiger partial charge >= 0.3 is 0 Å². The van der Waals surface area contributed by atoms with Crippen LogP contribution in [0.2, 0.25) is 18.1 Å². The Morgan fingerprint density at radius 3 is 2.67 bits per heavy atom. The SMILES string of the molecule is CC(C)(C)[Si](C)(C)OC1=CN(c2cccc(CO)n2)CC1. The first-order valence-electron chi connectivity index (χ1n) is 7.46. The molecule has 0 spiro atoms. The molecule has 0 atom stereocenters. The zero-order chi connectivity index (χ0) is 15.7. The lowest BCUT2D eigenvalue weighted by Crippen LogP contribution is -2.40. The largest absolute Gasteiger partial charge is 0.545 e. The summed E-state index contributed by atoms with van der Waals surface area (Å²) in [6.45, 7) is 12.1. The molecule has 21 heavy (non-hydrogen) atoms. The van der Waals surface area contributed by atoms with Crippen molar-refractivity contribution >= 4 is 14.1 Å². The minimum atomic E-state index is -1.77. The minimum Gasteiger partial charge on any atom is -0.545 e. The number of nitrogens with zero attached hydrogens (tertiary/aromatic N) is 2. The van der Waals surface area contributed by atoms with Crippen LogP contribution >= 0.6 is 0 Å². The fraction of sp³-hybridized carbons (Fsp3) is 0.562. The van der Waals surface area contributed by atoms with E-state index in [1.54, 1.807) is 0 Å². The Labute approximate surface area is 128 Å². The van der Waals surface area contributed by atoms with Crippen LogP contribution in [0.5, 0.6) is 0 Å². The smallest absolute Gasteiger partial charge is 0.250 e. The van der Waals surface area contributed by atoms with Crippen molar-refractivity contribution in [2.45, 2.75) is 51.9 Å². The third-order valence-corrected chi connectivity index (χ3v) is 8.72. The lowest BCUT2D eigenvalue weighted by atomic mass is 10.2. The van der Waals surface area contributed by atoms with Gasteiger partial charge in [-0.15, -0.1) is 0 Å². The second-order valence-electron chi connectivity index (χ2n) is 7.05. The quantitative estimate of drug-likeness (QED) is 0.863. The molecule has 1 aromatic rings. The van der Waals surface area contributed by atoms with E-state index in [0.29, 0.717) is 5.69 Å². The van der Waals surface area contributed by atoms with E-state index in [4.69, 9.17) is 4.43 Å². The van der Waals surface area contributed by atoms with Gasteiger partial charge in [0.1, 0.15) is 5.82 Å². The summed E-state index contributed by atoms with van der Waals surface area (Å²) < 4.78 is 6.35. The van der Waals surface area contributed by atoms with Crippen LogP contribution in [0.4, 0.5) is 5.82 Å². The van der Waals surface area contributed by atoms with Crippen LogP contribution in [0.1, 0.15) is 32.9 Å². The van der Waals surface area contributed by atoms with Gasteiger partial charge in [-0.2, -0.15) is 0 Å². The van der Waals surface area contributed by atoms with Gasteiger partial charge in [-0.25, -0.2) is 4.98 Å². The van der Waals surface area contributed by atoms with Gasteiger partial charge in [-0.3, -0.25) is 0 Å². The van der Waals surface area contributed by atoms with Gasteiger partial charge in [0.05, 0.1) is 18.1 Å². The normalized spacial score (nSPS) is 16.1. The number of aromatic nitrogens is 1. The van der Waals surface area contributed by atoms with E-state index in [2.05, 4.69) is 49.9 Å². The van der Waals surface area contributed by atoms with Crippen LogP contribution in [0, 0.1) is 0 Å². The van der Waals surface area contributed by atoms with Crippen LogP contribution in [-0.4, -0.2) is 25.0 Å². The van der Waals surface area contributed by atoms with Crippen LogP contribution in [0.15, 0.2) is 30.2 Å². The topological polar surface area (TPSA) is 45.6 Å². The fourth-order valence-electron chi connectivity index (χ4n) is 1.99. The summed E-state index contributed by atoms with van der Waals surface area (Å²) >= 11 is 0. The van der Waals surface area contributed by atoms with E-state index in [0.717, 1.165) is 24.5 Å². The molecule has 0 bridgehead atoms. The molecule has 0 aromatic carbocycles. The Morgan fingerprint density at radius 2 is 2.05 bits per heavy atom. The number of hydrogen-bond acceptors (Lipinski definition) is 4. The first-order valence-corrected chi connectivity index (χ1v) is 10.4. The summed E-state index contributed by atoms with van der Waals surface area (Å²) in [5, 5.41) is 9.39. The second-order valence-corrected chi connectivity index (χ2v) is 11.8. The summed E-state index contributed by atoms with van der Waals surface area (Å²) in [6.07, 6.45) is 2.97. The van der Waals surface area contributed by atoms with Crippen molar-refractivity contribution in [3.05, 3.63) is 35.9 Å². The zero-order valence-corrected chi connectivity index (χ0v) is 14.7. The number of aliphatic hydroxyl groups excluding tert-OH is 1. The third-order valence-electron chi connectivity index (χ3n) is 4.34. The summed E-state index contributed by atoms with van der Waals surface area (Å²) in [5.41, 5.74) is 0.694. The first-order chi connectivity index (χ1) is 9.73. The average Bonchev–Trinajstić information content (AvgIpc) is 2.85. The highest BCUT2D eigenvalue weighted by Crippen LogP contribution is 2.39. The molecule has 0 saturated heterocycles. The van der Waals surface area contributed by atoms with Gasteiger partial charge in [-0.05, 0) is 30.3 Å². The van der Waals surface area contributed by atoms with Gasteiger partial charge in [0.15, 0.2) is 0 Å². The molecule has 0 aliphatic carbocycles. The molecule has 4 nitrogen and oxygen atoms in total. The highest BCUT2D eigenvalue weighted by Gasteiger charge is 2.40. The third kappa shape index (κ3) is 3.65. The van der Waals surface area contributed by atoms with Crippen LogP contribution in [0.3, 0.4) is 0 Å². The van der Waals surface area contributed by atoms with Crippen LogP contribution in [-0.2, 0) is 11.0 Å². The number of pyridine rings is 1. The summed E-state index contributed by atoms with van der Waals surface area (Å²) in [7, 11) is -1.77. The molecule has 1 N–H and O–H groups in total. The number of anilines is 1. The Bertz CT molecular complexity index is 535. The Balaban J connectivity index is 2.12. The van der Waals surface area contributed by atoms with Gasteiger partial charge < -0.3 is 14.4 Å². The van der Waals surface area contributed by atoms with Crippen molar-refractivity contribution in [2.75, 3.05) is 11.4 Å². The highest BCUT2D eigenvalue weighted by atomic mass is 28.4. The molecule has 0 radical (unpaired) electrons. The molecular formula is C16H26N2O2Si. The molecule has 1 aliphatic rings. The molecule has 2 rings (SSSR count). The molecule has 1 aliphatic heterocycles.